The van der Waals surface area contributed by atoms with Gasteiger partial charge in [-0.25, -0.2) is 4.39 Å². The van der Waals surface area contributed by atoms with Gasteiger partial charge < -0.3 is 9.47 Å². The number of hydrogen-bond donors (Lipinski definition) is 0. The maximum atomic E-state index is 13.1. The number of rotatable bonds is 0. The second kappa shape index (κ2) is 3.29. The first-order chi connectivity index (χ1) is 6.66. The fourth-order valence-corrected chi connectivity index (χ4v) is 1.22. The minimum Gasteiger partial charge on any atom is -0.482 e. The number of Topliss-reactive ketones (excluding diaryl/α,β-unsaturated/α-hetero) is 1. The Bertz CT molecular complexity index is 352. The van der Waals surface area contributed by atoms with Gasteiger partial charge in [0.2, 0.25) is 5.78 Å². The Kier molecular flexibility index (Phi) is 2.11. The summed E-state index contributed by atoms with van der Waals surface area (Å²) in [5.41, 5.74) is 0.474. The standard InChI is InChI=1S/C10H9FO3/c1-6-2-9-10(3-8(6)11)14-5-7(12)4-13-9/h2-3H,4-5H2,1H3. The third kappa shape index (κ3) is 1.55. The van der Waals surface area contributed by atoms with Crippen LogP contribution in [0.4, 0.5) is 4.39 Å². The topological polar surface area (TPSA) is 35.5 Å². The van der Waals surface area contributed by atoms with E-state index in [1.807, 2.05) is 0 Å². The minimum atomic E-state index is -0.360. The van der Waals surface area contributed by atoms with Gasteiger partial charge in [-0.3, -0.25) is 4.79 Å². The Morgan fingerprint density at radius 1 is 1.21 bits per heavy atom. The molecule has 74 valence electrons. The first-order valence-electron chi connectivity index (χ1n) is 4.24. The van der Waals surface area contributed by atoms with Crippen LogP contribution in [0.3, 0.4) is 0 Å². The highest BCUT2D eigenvalue weighted by molar-refractivity contribution is 5.82. The van der Waals surface area contributed by atoms with Crippen LogP contribution in [0.5, 0.6) is 11.5 Å². The maximum Gasteiger partial charge on any atom is 0.207 e. The summed E-state index contributed by atoms with van der Waals surface area (Å²) in [5.74, 6) is 0.203. The van der Waals surface area contributed by atoms with Gasteiger partial charge >= 0.3 is 0 Å². The molecule has 0 radical (unpaired) electrons. The van der Waals surface area contributed by atoms with Crippen LogP contribution >= 0.6 is 0 Å². The predicted molar refractivity (Wildman–Crippen MR) is 47.1 cm³/mol. The van der Waals surface area contributed by atoms with E-state index in [9.17, 15) is 9.18 Å². The number of hydrogen-bond acceptors (Lipinski definition) is 3. The van der Waals surface area contributed by atoms with Crippen LogP contribution in [0.25, 0.3) is 0 Å². The van der Waals surface area contributed by atoms with Crippen molar-refractivity contribution < 1.29 is 18.7 Å². The summed E-state index contributed by atoms with van der Waals surface area (Å²) in [4.78, 5) is 11.0. The van der Waals surface area contributed by atoms with Gasteiger partial charge in [-0.15, -0.1) is 0 Å². The number of ketones is 1. The smallest absolute Gasteiger partial charge is 0.207 e. The van der Waals surface area contributed by atoms with E-state index >= 15 is 0 Å². The molecule has 1 heterocycles. The van der Waals surface area contributed by atoms with E-state index in [0.29, 0.717) is 17.1 Å². The lowest BCUT2D eigenvalue weighted by molar-refractivity contribution is -0.122. The quantitative estimate of drug-likeness (QED) is 0.630. The number of fused-ring (bicyclic) bond motifs is 1. The predicted octanol–water partition coefficient (Wildman–Crippen LogP) is 1.47. The number of carbonyl (C=O) groups excluding carboxylic acids is 1. The van der Waals surface area contributed by atoms with Crippen LogP contribution in [0.15, 0.2) is 12.1 Å². The number of aryl methyl sites for hydroxylation is 1. The van der Waals surface area contributed by atoms with E-state index in [4.69, 9.17) is 9.47 Å². The van der Waals surface area contributed by atoms with Crippen molar-refractivity contribution in [3.05, 3.63) is 23.5 Å². The fraction of sp³-hybridized carbons (Fsp3) is 0.300. The molecule has 1 aliphatic rings. The molecule has 0 saturated heterocycles. The van der Waals surface area contributed by atoms with Crippen molar-refractivity contribution in [1.29, 1.82) is 0 Å². The molecule has 0 saturated carbocycles. The normalized spacial score (nSPS) is 15.1. The molecule has 0 atom stereocenters. The SMILES string of the molecule is Cc1cc2c(cc1F)OCC(=O)CO2. The van der Waals surface area contributed by atoms with Gasteiger partial charge in [0.25, 0.3) is 0 Å². The number of ether oxygens (including phenoxy) is 2. The van der Waals surface area contributed by atoms with Gasteiger partial charge in [0, 0.05) is 6.07 Å². The molecule has 1 aliphatic heterocycles. The van der Waals surface area contributed by atoms with E-state index in [1.165, 1.54) is 12.1 Å². The minimum absolute atomic E-state index is 0.0158. The molecule has 1 aromatic carbocycles. The van der Waals surface area contributed by atoms with Crippen LogP contribution in [0.1, 0.15) is 5.56 Å². The molecule has 2 rings (SSSR count). The Labute approximate surface area is 80.4 Å². The van der Waals surface area contributed by atoms with Gasteiger partial charge in [0.15, 0.2) is 24.7 Å². The lowest BCUT2D eigenvalue weighted by Crippen LogP contribution is -2.15. The molecule has 0 bridgehead atoms. The molecule has 14 heavy (non-hydrogen) atoms. The van der Waals surface area contributed by atoms with Gasteiger partial charge in [0.05, 0.1) is 0 Å². The Hall–Kier alpha value is -1.58. The number of benzene rings is 1. The van der Waals surface area contributed by atoms with Gasteiger partial charge in [-0.1, -0.05) is 0 Å². The number of carbonyl (C=O) groups is 1. The summed E-state index contributed by atoms with van der Waals surface area (Å²) < 4.78 is 23.4. The maximum absolute atomic E-state index is 13.1. The van der Waals surface area contributed by atoms with Crippen molar-refractivity contribution in [1.82, 2.24) is 0 Å². The van der Waals surface area contributed by atoms with Crippen molar-refractivity contribution in [2.45, 2.75) is 6.92 Å². The monoisotopic (exact) mass is 196 g/mol. The number of halogens is 1. The zero-order valence-corrected chi connectivity index (χ0v) is 7.67. The molecule has 0 aliphatic carbocycles. The summed E-state index contributed by atoms with van der Waals surface area (Å²) in [5, 5.41) is 0. The molecule has 0 spiro atoms. The van der Waals surface area contributed by atoms with E-state index in [2.05, 4.69) is 0 Å². The second-order valence-corrected chi connectivity index (χ2v) is 3.16. The van der Waals surface area contributed by atoms with Crippen LogP contribution in [-0.4, -0.2) is 19.0 Å². The van der Waals surface area contributed by atoms with Crippen molar-refractivity contribution in [2.24, 2.45) is 0 Å². The van der Waals surface area contributed by atoms with Gasteiger partial charge in [-0.2, -0.15) is 0 Å². The van der Waals surface area contributed by atoms with Crippen LogP contribution in [0, 0.1) is 12.7 Å². The molecular formula is C10H9FO3. The van der Waals surface area contributed by atoms with Crippen LogP contribution < -0.4 is 9.47 Å². The second-order valence-electron chi connectivity index (χ2n) is 3.16. The van der Waals surface area contributed by atoms with Crippen molar-refractivity contribution in [2.75, 3.05) is 13.2 Å². The zero-order chi connectivity index (χ0) is 10.1. The summed E-state index contributed by atoms with van der Waals surface area (Å²) in [7, 11) is 0. The zero-order valence-electron chi connectivity index (χ0n) is 7.67. The molecule has 0 unspecified atom stereocenters. The highest BCUT2D eigenvalue weighted by Crippen LogP contribution is 2.31. The summed E-state index contributed by atoms with van der Waals surface area (Å²) in [6.07, 6.45) is 0. The molecule has 1 aromatic rings. The Morgan fingerprint density at radius 3 is 2.43 bits per heavy atom. The third-order valence-corrected chi connectivity index (χ3v) is 2.00. The summed E-state index contributed by atoms with van der Waals surface area (Å²) in [6, 6.07) is 2.77. The van der Waals surface area contributed by atoms with E-state index < -0.39 is 0 Å². The van der Waals surface area contributed by atoms with Crippen LogP contribution in [-0.2, 0) is 4.79 Å². The highest BCUT2D eigenvalue weighted by Gasteiger charge is 2.16. The molecule has 3 nitrogen and oxygen atoms in total. The Morgan fingerprint density at radius 2 is 1.79 bits per heavy atom. The first kappa shape index (κ1) is 8.99. The fourth-order valence-electron chi connectivity index (χ4n) is 1.22. The average Bonchev–Trinajstić information content (AvgIpc) is 2.31. The highest BCUT2D eigenvalue weighted by atomic mass is 19.1. The third-order valence-electron chi connectivity index (χ3n) is 2.00. The van der Waals surface area contributed by atoms with Gasteiger partial charge in [0.1, 0.15) is 5.82 Å². The largest absolute Gasteiger partial charge is 0.482 e. The molecular weight excluding hydrogens is 187 g/mol. The molecule has 0 amide bonds. The molecule has 0 aromatic heterocycles. The molecule has 0 N–H and O–H groups in total. The van der Waals surface area contributed by atoms with Crippen molar-refractivity contribution >= 4 is 5.78 Å². The van der Waals surface area contributed by atoms with Crippen molar-refractivity contribution in [3.63, 3.8) is 0 Å². The first-order valence-corrected chi connectivity index (χ1v) is 4.24. The van der Waals surface area contributed by atoms with E-state index in [1.54, 1.807) is 6.92 Å². The van der Waals surface area contributed by atoms with Crippen molar-refractivity contribution in [3.8, 4) is 11.5 Å². The summed E-state index contributed by atoms with van der Waals surface area (Å²) in [6.45, 7) is 1.55. The lowest BCUT2D eigenvalue weighted by atomic mass is 10.2. The molecule has 4 heteroatoms. The van der Waals surface area contributed by atoms with E-state index in [-0.39, 0.29) is 24.8 Å². The summed E-state index contributed by atoms with van der Waals surface area (Å²) >= 11 is 0. The van der Waals surface area contributed by atoms with E-state index in [0.717, 1.165) is 0 Å². The van der Waals surface area contributed by atoms with Crippen LogP contribution in [0.2, 0.25) is 0 Å². The lowest BCUT2D eigenvalue weighted by Gasteiger charge is -2.07. The molecule has 0 fully saturated rings. The Balaban J connectivity index is 2.41. The van der Waals surface area contributed by atoms with Gasteiger partial charge in [-0.05, 0) is 18.6 Å². The average molecular weight is 196 g/mol.